The summed E-state index contributed by atoms with van der Waals surface area (Å²) in [5.41, 5.74) is 1.77. The van der Waals surface area contributed by atoms with Gasteiger partial charge >= 0.3 is 5.97 Å². The molecule has 0 aliphatic heterocycles. The van der Waals surface area contributed by atoms with E-state index in [-0.39, 0.29) is 5.97 Å². The molecular formula is C14H19NO2. The quantitative estimate of drug-likeness (QED) is 0.558. The molecule has 3 heteroatoms. The zero-order chi connectivity index (χ0) is 12.7. The van der Waals surface area contributed by atoms with Gasteiger partial charge in [-0.1, -0.05) is 25.1 Å². The number of ether oxygens (including phenoxy) is 1. The van der Waals surface area contributed by atoms with Crippen molar-refractivity contribution in [3.63, 3.8) is 0 Å². The minimum atomic E-state index is -0.296. The van der Waals surface area contributed by atoms with Crippen molar-refractivity contribution in [2.45, 2.75) is 13.5 Å². The second kappa shape index (κ2) is 6.86. The first-order valence-corrected chi connectivity index (χ1v) is 5.71. The Labute approximate surface area is 103 Å². The average molecular weight is 233 g/mol. The molecule has 0 radical (unpaired) electrons. The number of carbonyl (C=O) groups is 1. The van der Waals surface area contributed by atoms with Crippen molar-refractivity contribution in [3.8, 4) is 0 Å². The molecule has 0 unspecified atom stereocenters. The number of nitrogens with zero attached hydrogens (tertiary/aromatic N) is 1. The number of methoxy groups -OCH3 is 1. The third-order valence-corrected chi connectivity index (χ3v) is 2.62. The van der Waals surface area contributed by atoms with E-state index in [1.807, 2.05) is 18.2 Å². The lowest BCUT2D eigenvalue weighted by atomic mass is 10.1. The molecule has 1 aromatic carbocycles. The SMILES string of the molecule is C=CCN(CC)Cc1ccc(C(=O)OC)cc1. The lowest BCUT2D eigenvalue weighted by Crippen LogP contribution is -2.22. The maximum absolute atomic E-state index is 11.3. The molecule has 0 spiro atoms. The molecule has 0 amide bonds. The number of rotatable bonds is 6. The van der Waals surface area contributed by atoms with E-state index in [0.29, 0.717) is 5.56 Å². The Morgan fingerprint density at radius 3 is 2.53 bits per heavy atom. The van der Waals surface area contributed by atoms with Crippen molar-refractivity contribution in [3.05, 3.63) is 48.0 Å². The minimum absolute atomic E-state index is 0.296. The highest BCUT2D eigenvalue weighted by atomic mass is 16.5. The van der Waals surface area contributed by atoms with Crippen LogP contribution in [0.5, 0.6) is 0 Å². The number of hydrogen-bond donors (Lipinski definition) is 0. The second-order valence-electron chi connectivity index (χ2n) is 3.80. The smallest absolute Gasteiger partial charge is 0.337 e. The van der Waals surface area contributed by atoms with Gasteiger partial charge < -0.3 is 4.74 Å². The molecule has 1 rings (SSSR count). The normalized spacial score (nSPS) is 10.3. The molecule has 0 bridgehead atoms. The maximum Gasteiger partial charge on any atom is 0.337 e. The first-order chi connectivity index (χ1) is 8.21. The molecule has 0 aliphatic rings. The lowest BCUT2D eigenvalue weighted by molar-refractivity contribution is 0.0600. The van der Waals surface area contributed by atoms with Crippen LogP contribution in [0.25, 0.3) is 0 Å². The van der Waals surface area contributed by atoms with E-state index in [1.165, 1.54) is 12.7 Å². The van der Waals surface area contributed by atoms with Gasteiger partial charge in [-0.3, -0.25) is 4.90 Å². The molecule has 1 aromatic rings. The second-order valence-corrected chi connectivity index (χ2v) is 3.80. The van der Waals surface area contributed by atoms with Gasteiger partial charge in [0.1, 0.15) is 0 Å². The fraction of sp³-hybridized carbons (Fsp3) is 0.357. The van der Waals surface area contributed by atoms with Crippen molar-refractivity contribution >= 4 is 5.97 Å². The predicted molar refractivity (Wildman–Crippen MR) is 68.9 cm³/mol. The van der Waals surface area contributed by atoms with E-state index >= 15 is 0 Å². The average Bonchev–Trinajstić information content (AvgIpc) is 2.38. The van der Waals surface area contributed by atoms with Gasteiger partial charge in [0.2, 0.25) is 0 Å². The molecule has 0 heterocycles. The molecule has 17 heavy (non-hydrogen) atoms. The Hall–Kier alpha value is -1.61. The summed E-state index contributed by atoms with van der Waals surface area (Å²) in [4.78, 5) is 13.5. The van der Waals surface area contributed by atoms with Crippen LogP contribution in [0.3, 0.4) is 0 Å². The standard InChI is InChI=1S/C14H19NO2/c1-4-10-15(5-2)11-12-6-8-13(9-7-12)14(16)17-3/h4,6-9H,1,5,10-11H2,2-3H3. The molecule has 0 N–H and O–H groups in total. The molecule has 0 aromatic heterocycles. The molecule has 3 nitrogen and oxygen atoms in total. The Kier molecular flexibility index (Phi) is 5.43. The lowest BCUT2D eigenvalue weighted by Gasteiger charge is -2.18. The van der Waals surface area contributed by atoms with E-state index < -0.39 is 0 Å². The van der Waals surface area contributed by atoms with Crippen LogP contribution in [-0.4, -0.2) is 31.1 Å². The van der Waals surface area contributed by atoms with Crippen molar-refractivity contribution in [1.82, 2.24) is 4.90 Å². The molecule has 0 saturated carbocycles. The van der Waals surface area contributed by atoms with Crippen LogP contribution < -0.4 is 0 Å². The fourth-order valence-corrected chi connectivity index (χ4v) is 1.61. The minimum Gasteiger partial charge on any atom is -0.465 e. The third-order valence-electron chi connectivity index (χ3n) is 2.62. The summed E-state index contributed by atoms with van der Waals surface area (Å²) < 4.78 is 4.65. The summed E-state index contributed by atoms with van der Waals surface area (Å²) in [7, 11) is 1.39. The first-order valence-electron chi connectivity index (χ1n) is 5.71. The van der Waals surface area contributed by atoms with E-state index in [9.17, 15) is 4.79 Å². The van der Waals surface area contributed by atoms with Crippen molar-refractivity contribution in [1.29, 1.82) is 0 Å². The molecule has 0 saturated heterocycles. The van der Waals surface area contributed by atoms with Crippen LogP contribution in [-0.2, 0) is 11.3 Å². The number of hydrogen-bond acceptors (Lipinski definition) is 3. The number of esters is 1. The Bertz CT molecular complexity index is 370. The van der Waals surface area contributed by atoms with E-state index in [2.05, 4.69) is 23.1 Å². The van der Waals surface area contributed by atoms with Crippen molar-refractivity contribution in [2.24, 2.45) is 0 Å². The summed E-state index contributed by atoms with van der Waals surface area (Å²) in [6.07, 6.45) is 1.90. The van der Waals surface area contributed by atoms with Crippen LogP contribution in [0, 0.1) is 0 Å². The van der Waals surface area contributed by atoms with Gasteiger partial charge in [-0.05, 0) is 24.2 Å². The van der Waals surface area contributed by atoms with Crippen LogP contribution in [0.2, 0.25) is 0 Å². The van der Waals surface area contributed by atoms with E-state index in [0.717, 1.165) is 19.6 Å². The fourth-order valence-electron chi connectivity index (χ4n) is 1.61. The maximum atomic E-state index is 11.3. The summed E-state index contributed by atoms with van der Waals surface area (Å²) in [5.74, 6) is -0.296. The van der Waals surface area contributed by atoms with Crippen LogP contribution >= 0.6 is 0 Å². The predicted octanol–water partition coefficient (Wildman–Crippen LogP) is 2.48. The summed E-state index contributed by atoms with van der Waals surface area (Å²) in [6, 6.07) is 7.50. The highest BCUT2D eigenvalue weighted by molar-refractivity contribution is 5.89. The first kappa shape index (κ1) is 13.5. The van der Waals surface area contributed by atoms with Gasteiger partial charge in [0.25, 0.3) is 0 Å². The van der Waals surface area contributed by atoms with Crippen LogP contribution in [0.1, 0.15) is 22.8 Å². The van der Waals surface area contributed by atoms with Crippen LogP contribution in [0.4, 0.5) is 0 Å². The van der Waals surface area contributed by atoms with Gasteiger partial charge in [0.15, 0.2) is 0 Å². The monoisotopic (exact) mass is 233 g/mol. The zero-order valence-electron chi connectivity index (χ0n) is 10.5. The van der Waals surface area contributed by atoms with Gasteiger partial charge in [-0.2, -0.15) is 0 Å². The van der Waals surface area contributed by atoms with E-state index in [4.69, 9.17) is 0 Å². The van der Waals surface area contributed by atoms with Gasteiger partial charge in [-0.25, -0.2) is 4.79 Å². The largest absolute Gasteiger partial charge is 0.465 e. The Balaban J connectivity index is 2.67. The Morgan fingerprint density at radius 2 is 2.06 bits per heavy atom. The highest BCUT2D eigenvalue weighted by Crippen LogP contribution is 2.08. The van der Waals surface area contributed by atoms with Crippen molar-refractivity contribution in [2.75, 3.05) is 20.2 Å². The van der Waals surface area contributed by atoms with Gasteiger partial charge in [-0.15, -0.1) is 6.58 Å². The molecule has 0 fully saturated rings. The van der Waals surface area contributed by atoms with E-state index in [1.54, 1.807) is 12.1 Å². The van der Waals surface area contributed by atoms with Crippen LogP contribution in [0.15, 0.2) is 36.9 Å². The van der Waals surface area contributed by atoms with Crippen molar-refractivity contribution < 1.29 is 9.53 Å². The molecule has 92 valence electrons. The summed E-state index contributed by atoms with van der Waals surface area (Å²) >= 11 is 0. The molecule has 0 aliphatic carbocycles. The summed E-state index contributed by atoms with van der Waals surface area (Å²) in [6.45, 7) is 8.57. The highest BCUT2D eigenvalue weighted by Gasteiger charge is 2.06. The number of benzene rings is 1. The number of likely N-dealkylation sites (N-methyl/N-ethyl adjacent to an activating group) is 1. The van der Waals surface area contributed by atoms with Gasteiger partial charge in [0.05, 0.1) is 12.7 Å². The summed E-state index contributed by atoms with van der Waals surface area (Å²) in [5, 5.41) is 0. The molecule has 0 atom stereocenters. The zero-order valence-corrected chi connectivity index (χ0v) is 10.5. The molecular weight excluding hydrogens is 214 g/mol. The third kappa shape index (κ3) is 4.04. The number of carbonyl (C=O) groups excluding carboxylic acids is 1. The topological polar surface area (TPSA) is 29.5 Å². The van der Waals surface area contributed by atoms with Gasteiger partial charge in [0, 0.05) is 13.1 Å². The Morgan fingerprint density at radius 1 is 1.41 bits per heavy atom.